The van der Waals surface area contributed by atoms with Gasteiger partial charge in [0.2, 0.25) is 0 Å². The largest absolute Gasteiger partial charge is 0.490 e. The SMILES string of the molecule is CC(C)Oc1ccccc1/C=C(\C#N)c1nc2ccccc2[nH]1. The van der Waals surface area contributed by atoms with Gasteiger partial charge in [-0.15, -0.1) is 0 Å². The van der Waals surface area contributed by atoms with Crippen LogP contribution in [0.1, 0.15) is 25.2 Å². The van der Waals surface area contributed by atoms with Crippen molar-refractivity contribution in [3.63, 3.8) is 0 Å². The number of fused-ring (bicyclic) bond motifs is 1. The summed E-state index contributed by atoms with van der Waals surface area (Å²) >= 11 is 0. The molecule has 0 radical (unpaired) electrons. The van der Waals surface area contributed by atoms with Gasteiger partial charge in [-0.05, 0) is 38.1 Å². The lowest BCUT2D eigenvalue weighted by Crippen LogP contribution is -2.06. The average Bonchev–Trinajstić information content (AvgIpc) is 2.97. The number of aromatic nitrogens is 2. The highest BCUT2D eigenvalue weighted by Gasteiger charge is 2.10. The molecule has 0 bridgehead atoms. The maximum atomic E-state index is 9.52. The second-order valence-electron chi connectivity index (χ2n) is 5.48. The fourth-order valence-electron chi connectivity index (χ4n) is 2.35. The summed E-state index contributed by atoms with van der Waals surface area (Å²) in [7, 11) is 0. The number of hydrogen-bond acceptors (Lipinski definition) is 3. The summed E-state index contributed by atoms with van der Waals surface area (Å²) in [6.07, 6.45) is 1.87. The molecule has 0 aliphatic carbocycles. The van der Waals surface area contributed by atoms with Crippen LogP contribution in [0.25, 0.3) is 22.7 Å². The number of nitrogens with one attached hydrogen (secondary N) is 1. The zero-order valence-corrected chi connectivity index (χ0v) is 13.1. The van der Waals surface area contributed by atoms with E-state index in [1.54, 1.807) is 6.08 Å². The van der Waals surface area contributed by atoms with Crippen LogP contribution < -0.4 is 4.74 Å². The number of para-hydroxylation sites is 3. The van der Waals surface area contributed by atoms with Gasteiger partial charge >= 0.3 is 0 Å². The number of hydrogen-bond donors (Lipinski definition) is 1. The standard InChI is InChI=1S/C19H17N3O/c1-13(2)23-18-10-6-3-7-14(18)11-15(12-20)19-21-16-8-4-5-9-17(16)22-19/h3-11,13H,1-2H3,(H,21,22)/b15-11+. The first-order valence-corrected chi connectivity index (χ1v) is 7.50. The summed E-state index contributed by atoms with van der Waals surface area (Å²) < 4.78 is 5.80. The van der Waals surface area contributed by atoms with Gasteiger partial charge in [-0.25, -0.2) is 4.98 Å². The van der Waals surface area contributed by atoms with Gasteiger partial charge in [-0.1, -0.05) is 30.3 Å². The van der Waals surface area contributed by atoms with Crippen molar-refractivity contribution in [2.75, 3.05) is 0 Å². The molecular weight excluding hydrogens is 286 g/mol. The van der Waals surface area contributed by atoms with Crippen molar-refractivity contribution < 1.29 is 4.74 Å². The van der Waals surface area contributed by atoms with E-state index in [0.29, 0.717) is 11.4 Å². The number of H-pyrrole nitrogens is 1. The first kappa shape index (κ1) is 14.9. The molecule has 4 heteroatoms. The maximum absolute atomic E-state index is 9.52. The topological polar surface area (TPSA) is 61.7 Å². The molecule has 1 aromatic heterocycles. The van der Waals surface area contributed by atoms with Crippen LogP contribution in [0.5, 0.6) is 5.75 Å². The molecule has 0 aliphatic heterocycles. The van der Waals surface area contributed by atoms with Crippen LogP contribution in [0.2, 0.25) is 0 Å². The molecule has 0 saturated carbocycles. The predicted molar refractivity (Wildman–Crippen MR) is 91.8 cm³/mol. The first-order chi connectivity index (χ1) is 11.2. The second kappa shape index (κ2) is 6.37. The van der Waals surface area contributed by atoms with Gasteiger partial charge in [0.1, 0.15) is 17.6 Å². The van der Waals surface area contributed by atoms with Crippen LogP contribution in [0, 0.1) is 11.3 Å². The van der Waals surface area contributed by atoms with Gasteiger partial charge in [0, 0.05) is 5.56 Å². The summed E-state index contributed by atoms with van der Waals surface area (Å²) in [6, 6.07) is 17.6. The Morgan fingerprint density at radius 2 is 1.91 bits per heavy atom. The molecule has 3 aromatic rings. The predicted octanol–water partition coefficient (Wildman–Crippen LogP) is 4.41. The second-order valence-corrected chi connectivity index (χ2v) is 5.48. The summed E-state index contributed by atoms with van der Waals surface area (Å²) in [5.74, 6) is 1.32. The van der Waals surface area contributed by atoms with Gasteiger partial charge in [0.05, 0.1) is 22.7 Å². The van der Waals surface area contributed by atoms with Crippen LogP contribution in [-0.2, 0) is 0 Å². The third-order valence-corrected chi connectivity index (χ3v) is 3.35. The van der Waals surface area contributed by atoms with Gasteiger partial charge < -0.3 is 9.72 Å². The molecule has 0 unspecified atom stereocenters. The van der Waals surface area contributed by atoms with Gasteiger partial charge in [-0.2, -0.15) is 5.26 Å². The molecule has 0 fully saturated rings. The third-order valence-electron chi connectivity index (χ3n) is 3.35. The zero-order chi connectivity index (χ0) is 16.2. The minimum Gasteiger partial charge on any atom is -0.490 e. The Labute approximate surface area is 135 Å². The minimum atomic E-state index is 0.0706. The lowest BCUT2D eigenvalue weighted by Gasteiger charge is -2.12. The number of allylic oxidation sites excluding steroid dienone is 1. The normalized spacial score (nSPS) is 11.7. The molecule has 0 spiro atoms. The fourth-order valence-corrected chi connectivity index (χ4v) is 2.35. The molecule has 0 aliphatic rings. The number of imidazole rings is 1. The Bertz CT molecular complexity index is 867. The lowest BCUT2D eigenvalue weighted by atomic mass is 10.1. The third kappa shape index (κ3) is 3.24. The molecule has 114 valence electrons. The smallest absolute Gasteiger partial charge is 0.149 e. The molecular formula is C19H17N3O. The van der Waals surface area contributed by atoms with E-state index in [1.165, 1.54) is 0 Å². The number of aromatic amines is 1. The Morgan fingerprint density at radius 3 is 2.65 bits per heavy atom. The average molecular weight is 303 g/mol. The maximum Gasteiger partial charge on any atom is 0.149 e. The molecule has 0 amide bonds. The van der Waals surface area contributed by atoms with Crippen LogP contribution in [-0.4, -0.2) is 16.1 Å². The molecule has 0 saturated heterocycles. The highest BCUT2D eigenvalue weighted by molar-refractivity contribution is 5.91. The molecule has 3 rings (SSSR count). The monoisotopic (exact) mass is 303 g/mol. The lowest BCUT2D eigenvalue weighted by molar-refractivity contribution is 0.242. The Kier molecular flexibility index (Phi) is 4.11. The number of nitrogens with zero attached hydrogens (tertiary/aromatic N) is 2. The van der Waals surface area contributed by atoms with E-state index in [4.69, 9.17) is 4.74 Å². The summed E-state index contributed by atoms with van der Waals surface area (Å²) in [6.45, 7) is 3.95. The minimum absolute atomic E-state index is 0.0706. The molecule has 0 atom stereocenters. The highest BCUT2D eigenvalue weighted by Crippen LogP contribution is 2.25. The molecule has 4 nitrogen and oxygen atoms in total. The van der Waals surface area contributed by atoms with Gasteiger partial charge in [-0.3, -0.25) is 0 Å². The van der Waals surface area contributed by atoms with Crippen molar-refractivity contribution in [2.24, 2.45) is 0 Å². The Balaban J connectivity index is 2.04. The van der Waals surface area contributed by atoms with Crippen LogP contribution in [0.3, 0.4) is 0 Å². The number of ether oxygens (including phenoxy) is 1. The van der Waals surface area contributed by atoms with Crippen LogP contribution in [0.4, 0.5) is 0 Å². The molecule has 23 heavy (non-hydrogen) atoms. The van der Waals surface area contributed by atoms with Crippen LogP contribution >= 0.6 is 0 Å². The highest BCUT2D eigenvalue weighted by atomic mass is 16.5. The van der Waals surface area contributed by atoms with Crippen molar-refractivity contribution in [3.8, 4) is 11.8 Å². The van der Waals surface area contributed by atoms with Crippen molar-refractivity contribution >= 4 is 22.7 Å². The summed E-state index contributed by atoms with van der Waals surface area (Å²) in [5, 5.41) is 9.52. The quantitative estimate of drug-likeness (QED) is 0.726. The number of benzene rings is 2. The number of rotatable bonds is 4. The van der Waals surface area contributed by atoms with Gasteiger partial charge in [0.25, 0.3) is 0 Å². The zero-order valence-electron chi connectivity index (χ0n) is 13.1. The number of nitriles is 1. The summed E-state index contributed by atoms with van der Waals surface area (Å²) in [4.78, 5) is 7.67. The van der Waals surface area contributed by atoms with E-state index in [2.05, 4.69) is 16.0 Å². The van der Waals surface area contributed by atoms with E-state index >= 15 is 0 Å². The molecule has 1 heterocycles. The van der Waals surface area contributed by atoms with Crippen molar-refractivity contribution in [1.29, 1.82) is 5.26 Å². The molecule has 2 aromatic carbocycles. The summed E-state index contributed by atoms with van der Waals surface area (Å²) in [5.41, 5.74) is 3.09. The van der Waals surface area contributed by atoms with E-state index in [1.807, 2.05) is 62.4 Å². The Morgan fingerprint density at radius 1 is 1.17 bits per heavy atom. The Hall–Kier alpha value is -3.06. The van der Waals surface area contributed by atoms with E-state index < -0.39 is 0 Å². The van der Waals surface area contributed by atoms with E-state index in [0.717, 1.165) is 22.3 Å². The van der Waals surface area contributed by atoms with E-state index in [-0.39, 0.29) is 6.10 Å². The van der Waals surface area contributed by atoms with Crippen molar-refractivity contribution in [1.82, 2.24) is 9.97 Å². The van der Waals surface area contributed by atoms with Gasteiger partial charge in [0.15, 0.2) is 0 Å². The molecule has 1 N–H and O–H groups in total. The van der Waals surface area contributed by atoms with E-state index in [9.17, 15) is 5.26 Å². The fraction of sp³-hybridized carbons (Fsp3) is 0.158. The van der Waals surface area contributed by atoms with Crippen LogP contribution in [0.15, 0.2) is 48.5 Å². The first-order valence-electron chi connectivity index (χ1n) is 7.50. The van der Waals surface area contributed by atoms with Crippen molar-refractivity contribution in [3.05, 3.63) is 59.9 Å². The van der Waals surface area contributed by atoms with Crippen molar-refractivity contribution in [2.45, 2.75) is 20.0 Å².